The van der Waals surface area contributed by atoms with E-state index >= 15 is 0 Å². The summed E-state index contributed by atoms with van der Waals surface area (Å²) in [6, 6.07) is 72.0. The average molecular weight is 1190 g/mol. The van der Waals surface area contributed by atoms with Crippen molar-refractivity contribution in [3.8, 4) is 52.5 Å². The summed E-state index contributed by atoms with van der Waals surface area (Å²) in [5, 5.41) is 54.9. The zero-order valence-electron chi connectivity index (χ0n) is 52.2. The lowest BCUT2D eigenvalue weighted by Crippen LogP contribution is -2.11. The molecule has 11 aromatic carbocycles. The van der Waals surface area contributed by atoms with E-state index in [1.54, 1.807) is 24.3 Å². The molecular weight excluding hydrogens is 1130 g/mol. The molecule has 0 amide bonds. The second-order valence-electron chi connectivity index (χ2n) is 27.7. The molecule has 92 heavy (non-hydrogen) atoms. The van der Waals surface area contributed by atoms with Gasteiger partial charge in [-0.15, -0.1) is 0 Å². The Kier molecular flexibility index (Phi) is 11.1. The van der Waals surface area contributed by atoms with Gasteiger partial charge in [-0.2, -0.15) is 21.0 Å². The van der Waals surface area contributed by atoms with Crippen molar-refractivity contribution in [3.63, 3.8) is 0 Å². The monoisotopic (exact) mass is 1190 g/mol. The smallest absolute Gasteiger partial charge is 0.145 e. The number of furan rings is 3. The maximum atomic E-state index is 11.5. The lowest BCUT2D eigenvalue weighted by atomic mass is 9.86. The molecule has 17 aromatic rings. The molecule has 0 N–H and O–H groups in total. The van der Waals surface area contributed by atoms with Gasteiger partial charge in [0, 0.05) is 48.5 Å². The first kappa shape index (κ1) is 54.3. The Labute approximate surface area is 528 Å². The Morgan fingerprint density at radius 1 is 0.315 bits per heavy atom. The van der Waals surface area contributed by atoms with Crippen molar-refractivity contribution in [1.82, 2.24) is 13.7 Å². The van der Waals surface area contributed by atoms with Gasteiger partial charge in [0.05, 0.1) is 88.6 Å². The summed E-state index contributed by atoms with van der Waals surface area (Å²) in [7, 11) is 0. The van der Waals surface area contributed by atoms with Crippen LogP contribution in [-0.4, -0.2) is 13.7 Å². The van der Waals surface area contributed by atoms with Crippen LogP contribution in [0.2, 0.25) is 0 Å². The minimum absolute atomic E-state index is 0.157. The summed E-state index contributed by atoms with van der Waals surface area (Å²) in [4.78, 5) is 0. The van der Waals surface area contributed by atoms with Gasteiger partial charge >= 0.3 is 0 Å². The second-order valence-corrected chi connectivity index (χ2v) is 27.7. The van der Waals surface area contributed by atoms with E-state index in [-0.39, 0.29) is 27.4 Å². The number of aromatic nitrogens is 3. The molecular formula is C82H57N7O3. The van der Waals surface area contributed by atoms with Crippen molar-refractivity contribution in [2.45, 2.75) is 78.6 Å². The molecule has 0 radical (unpaired) electrons. The van der Waals surface area contributed by atoms with Crippen LogP contribution in [0.5, 0.6) is 0 Å². The van der Waals surface area contributed by atoms with Gasteiger partial charge < -0.3 is 27.0 Å². The SMILES string of the molecule is CC(C)(C)c1ccc2c(c1)c1c3oc4ccccc4c3ccc1n2-c1ccc(C#N)c(C#N)c1-n1c2ccc(C(C)(C)C)cc2c2c3oc4cc(-c5cccc6oc7c(ccc8c7c7cc(C(C)(C)C)ccc7n8-c7c(C#N)cccc7C#N)c56)ccc4c3ccc21. The van der Waals surface area contributed by atoms with Gasteiger partial charge in [-0.05, 0) is 165 Å². The van der Waals surface area contributed by atoms with Gasteiger partial charge in [-0.25, -0.2) is 0 Å². The minimum Gasteiger partial charge on any atom is -0.455 e. The van der Waals surface area contributed by atoms with Crippen molar-refractivity contribution >= 4 is 131 Å². The molecule has 0 spiro atoms. The van der Waals surface area contributed by atoms with Crippen LogP contribution in [0.25, 0.3) is 159 Å². The first-order valence-electron chi connectivity index (χ1n) is 31.0. The van der Waals surface area contributed by atoms with E-state index in [0.717, 1.165) is 142 Å². The Morgan fingerprint density at radius 3 is 1.32 bits per heavy atom. The van der Waals surface area contributed by atoms with Crippen LogP contribution in [-0.2, 0) is 16.2 Å². The van der Waals surface area contributed by atoms with Crippen LogP contribution in [0.1, 0.15) is 101 Å². The highest BCUT2D eigenvalue weighted by Crippen LogP contribution is 2.50. The second kappa shape index (κ2) is 18.9. The van der Waals surface area contributed by atoms with E-state index in [1.165, 1.54) is 5.56 Å². The van der Waals surface area contributed by atoms with Crippen LogP contribution in [0, 0.1) is 45.3 Å². The van der Waals surface area contributed by atoms with E-state index in [4.69, 9.17) is 13.3 Å². The van der Waals surface area contributed by atoms with Crippen LogP contribution in [0.3, 0.4) is 0 Å². The number of nitriles is 4. The molecule has 0 aliphatic carbocycles. The molecule has 0 unspecified atom stereocenters. The molecule has 17 rings (SSSR count). The van der Waals surface area contributed by atoms with Crippen LogP contribution < -0.4 is 0 Å². The molecule has 0 saturated heterocycles. The number of rotatable bonds is 4. The molecule has 6 aromatic heterocycles. The molecule has 0 aliphatic rings. The molecule has 0 saturated carbocycles. The van der Waals surface area contributed by atoms with Crippen LogP contribution in [0.4, 0.5) is 0 Å². The quantitative estimate of drug-likeness (QED) is 0.170. The van der Waals surface area contributed by atoms with Crippen molar-refractivity contribution < 1.29 is 13.3 Å². The Bertz CT molecular complexity index is 6340. The minimum atomic E-state index is -0.222. The van der Waals surface area contributed by atoms with Gasteiger partial charge in [-0.1, -0.05) is 123 Å². The molecule has 0 atom stereocenters. The van der Waals surface area contributed by atoms with Crippen molar-refractivity contribution in [2.24, 2.45) is 0 Å². The fourth-order valence-corrected chi connectivity index (χ4v) is 14.7. The Morgan fingerprint density at radius 2 is 0.761 bits per heavy atom. The van der Waals surface area contributed by atoms with E-state index in [2.05, 4.69) is 217 Å². The number of benzene rings is 11. The van der Waals surface area contributed by atoms with E-state index in [9.17, 15) is 21.0 Å². The number of hydrogen-bond donors (Lipinski definition) is 0. The van der Waals surface area contributed by atoms with Crippen molar-refractivity contribution in [1.29, 1.82) is 21.0 Å². The highest BCUT2D eigenvalue weighted by molar-refractivity contribution is 6.28. The summed E-state index contributed by atoms with van der Waals surface area (Å²) in [5.74, 6) is 0. The van der Waals surface area contributed by atoms with Crippen molar-refractivity contribution in [3.05, 3.63) is 221 Å². The molecule has 0 fully saturated rings. The number of hydrogen-bond acceptors (Lipinski definition) is 7. The summed E-state index contributed by atoms with van der Waals surface area (Å²) in [6.45, 7) is 19.9. The summed E-state index contributed by atoms with van der Waals surface area (Å²) in [6.07, 6.45) is 0. The van der Waals surface area contributed by atoms with Crippen LogP contribution in [0.15, 0.2) is 195 Å². The predicted molar refractivity (Wildman–Crippen MR) is 372 cm³/mol. The highest BCUT2D eigenvalue weighted by atomic mass is 16.3. The zero-order chi connectivity index (χ0) is 63.2. The third-order valence-electron chi connectivity index (χ3n) is 19.3. The first-order valence-corrected chi connectivity index (χ1v) is 31.0. The van der Waals surface area contributed by atoms with Crippen LogP contribution >= 0.6 is 0 Å². The molecule has 0 bridgehead atoms. The van der Waals surface area contributed by atoms with E-state index < -0.39 is 0 Å². The number of para-hydroxylation sites is 2. The maximum Gasteiger partial charge on any atom is 0.145 e. The van der Waals surface area contributed by atoms with E-state index in [1.807, 2.05) is 41.0 Å². The first-order chi connectivity index (χ1) is 44.4. The molecule has 10 heteroatoms. The van der Waals surface area contributed by atoms with Gasteiger partial charge in [0.15, 0.2) is 0 Å². The Hall–Kier alpha value is -11.8. The third kappa shape index (κ3) is 7.50. The summed E-state index contributed by atoms with van der Waals surface area (Å²) >= 11 is 0. The summed E-state index contributed by atoms with van der Waals surface area (Å²) < 4.78 is 27.7. The Balaban J connectivity index is 0.908. The van der Waals surface area contributed by atoms with Gasteiger partial charge in [0.2, 0.25) is 0 Å². The molecule has 10 nitrogen and oxygen atoms in total. The largest absolute Gasteiger partial charge is 0.455 e. The summed E-state index contributed by atoms with van der Waals surface area (Å²) in [5.41, 5.74) is 17.6. The lowest BCUT2D eigenvalue weighted by molar-refractivity contribution is 0.591. The molecule has 438 valence electrons. The average Bonchev–Trinajstić information content (AvgIpc) is 1.55. The molecule has 6 heterocycles. The van der Waals surface area contributed by atoms with Crippen molar-refractivity contribution in [2.75, 3.05) is 0 Å². The van der Waals surface area contributed by atoms with Gasteiger partial charge in [0.25, 0.3) is 0 Å². The fourth-order valence-electron chi connectivity index (χ4n) is 14.7. The van der Waals surface area contributed by atoms with Gasteiger partial charge in [-0.3, -0.25) is 0 Å². The highest BCUT2D eigenvalue weighted by Gasteiger charge is 2.31. The normalized spacial score (nSPS) is 12.6. The number of nitrogens with zero attached hydrogens (tertiary/aromatic N) is 7. The number of fused-ring (bicyclic) bond motifs is 21. The standard InChI is InChI=1S/C82H57N7O3/c1-80(2,3)48-22-30-61-57(37-48)72-64(33-26-54-52-16-10-11-18-68(52)90-77(54)72)87(61)67-29-21-45(40-83)60(43-86)76(67)89-63-32-24-50(82(7,8)9)39-59(63)73-66(89)34-27-55-53-25-20-44(36-70(53)92-78(55)73)51-17-13-19-69-71(51)56-28-35-65-74(79(56)91-69)58-38-49(81(4,5)6)23-31-62(58)88(65)75-46(41-84)14-12-15-47(75)42-85/h10-39H,1-9H3. The molecule has 0 aliphatic heterocycles. The van der Waals surface area contributed by atoms with Gasteiger partial charge in [0.1, 0.15) is 57.8 Å². The topological polar surface area (TPSA) is 149 Å². The maximum absolute atomic E-state index is 11.5. The zero-order valence-corrected chi connectivity index (χ0v) is 52.2. The van der Waals surface area contributed by atoms with E-state index in [0.29, 0.717) is 39.3 Å². The predicted octanol–water partition coefficient (Wildman–Crippen LogP) is 21.7. The fraction of sp³-hybridized carbons (Fsp3) is 0.146. The third-order valence-corrected chi connectivity index (χ3v) is 19.3. The lowest BCUT2D eigenvalue weighted by Gasteiger charge is -2.21.